The number of halogens is 2. The lowest BCUT2D eigenvalue weighted by atomic mass is 10.1. The van der Waals surface area contributed by atoms with Crippen LogP contribution < -0.4 is 5.32 Å². The molecule has 0 aromatic heterocycles. The fraction of sp³-hybridized carbons (Fsp3) is 0.529. The summed E-state index contributed by atoms with van der Waals surface area (Å²) in [4.78, 5) is 26.4. The summed E-state index contributed by atoms with van der Waals surface area (Å²) in [6.07, 6.45) is 1.64. The van der Waals surface area contributed by atoms with Crippen molar-refractivity contribution in [3.63, 3.8) is 0 Å². The lowest BCUT2D eigenvalue weighted by Crippen LogP contribution is -2.49. The summed E-state index contributed by atoms with van der Waals surface area (Å²) in [5.74, 6) is -0.218. The number of likely N-dealkylation sites (N-methyl/N-ethyl adjacent to an activating group) is 1. The average Bonchev–Trinajstić information content (AvgIpc) is 2.50. The van der Waals surface area contributed by atoms with Crippen LogP contribution >= 0.6 is 23.2 Å². The number of rotatable bonds is 8. The third kappa shape index (κ3) is 5.40. The Bertz CT molecular complexity index is 529. The van der Waals surface area contributed by atoms with E-state index in [1.807, 2.05) is 20.8 Å². The van der Waals surface area contributed by atoms with Crippen molar-refractivity contribution in [1.82, 2.24) is 10.2 Å². The molecule has 128 valence electrons. The molecule has 0 aliphatic carbocycles. The van der Waals surface area contributed by atoms with Crippen LogP contribution in [0.25, 0.3) is 0 Å². The van der Waals surface area contributed by atoms with E-state index in [4.69, 9.17) is 23.2 Å². The first-order valence-electron chi connectivity index (χ1n) is 7.96. The maximum absolute atomic E-state index is 12.5. The van der Waals surface area contributed by atoms with Gasteiger partial charge < -0.3 is 10.2 Å². The van der Waals surface area contributed by atoms with Crippen molar-refractivity contribution >= 4 is 35.0 Å². The molecule has 0 fully saturated rings. The largest absolute Gasteiger partial charge is 0.355 e. The number of nitrogens with one attached hydrogen (secondary N) is 1. The Labute approximate surface area is 148 Å². The summed E-state index contributed by atoms with van der Waals surface area (Å²) in [6.45, 7) is 6.44. The van der Waals surface area contributed by atoms with Gasteiger partial charge in [-0.15, -0.1) is 0 Å². The minimum absolute atomic E-state index is 0.0680. The van der Waals surface area contributed by atoms with Gasteiger partial charge in [-0.1, -0.05) is 43.1 Å². The van der Waals surface area contributed by atoms with Crippen molar-refractivity contribution < 1.29 is 9.59 Å². The first kappa shape index (κ1) is 19.8. The van der Waals surface area contributed by atoms with E-state index in [2.05, 4.69) is 5.32 Å². The number of nitrogens with zero attached hydrogens (tertiary/aromatic N) is 1. The highest BCUT2D eigenvalue weighted by molar-refractivity contribution is 6.36. The normalized spacial score (nSPS) is 11.9. The second-order valence-electron chi connectivity index (χ2n) is 5.29. The lowest BCUT2D eigenvalue weighted by molar-refractivity contribution is -0.141. The van der Waals surface area contributed by atoms with E-state index < -0.39 is 6.04 Å². The van der Waals surface area contributed by atoms with Gasteiger partial charge in [0.2, 0.25) is 11.8 Å². The Balaban J connectivity index is 3.14. The van der Waals surface area contributed by atoms with E-state index in [1.54, 1.807) is 23.1 Å². The molecule has 0 spiro atoms. The maximum Gasteiger partial charge on any atom is 0.242 e. The van der Waals surface area contributed by atoms with Crippen molar-refractivity contribution in [3.8, 4) is 0 Å². The molecule has 0 bridgehead atoms. The Hall–Kier alpha value is -1.26. The fourth-order valence-corrected chi connectivity index (χ4v) is 2.94. The number of carbonyl (C=O) groups is 2. The van der Waals surface area contributed by atoms with E-state index in [1.165, 1.54) is 0 Å². The number of hydrogen-bond donors (Lipinski definition) is 1. The molecule has 4 nitrogen and oxygen atoms in total. The molecule has 0 aliphatic rings. The number of carbonyl (C=O) groups excluding carboxylic acids is 2. The third-order valence-electron chi connectivity index (χ3n) is 3.59. The van der Waals surface area contributed by atoms with Crippen molar-refractivity contribution in [3.05, 3.63) is 33.8 Å². The highest BCUT2D eigenvalue weighted by Crippen LogP contribution is 2.27. The van der Waals surface area contributed by atoms with E-state index in [9.17, 15) is 9.59 Å². The van der Waals surface area contributed by atoms with Gasteiger partial charge in [0.25, 0.3) is 0 Å². The van der Waals surface area contributed by atoms with Crippen LogP contribution in [0.2, 0.25) is 10.0 Å². The Morgan fingerprint density at radius 1 is 1.17 bits per heavy atom. The first-order chi connectivity index (χ1) is 11.0. The summed E-state index contributed by atoms with van der Waals surface area (Å²) in [7, 11) is 0. The molecule has 1 aromatic carbocycles. The summed E-state index contributed by atoms with van der Waals surface area (Å²) in [5.41, 5.74) is 0.669. The SMILES string of the molecule is CCCC(=O)N(Cc1c(Cl)cccc1Cl)C(CC)C(=O)NCC. The van der Waals surface area contributed by atoms with Gasteiger partial charge >= 0.3 is 0 Å². The molecule has 0 heterocycles. The molecule has 1 atom stereocenters. The molecule has 1 aromatic rings. The summed E-state index contributed by atoms with van der Waals surface area (Å²) in [6, 6.07) is 4.70. The Morgan fingerprint density at radius 2 is 1.78 bits per heavy atom. The van der Waals surface area contributed by atoms with E-state index in [-0.39, 0.29) is 18.4 Å². The Morgan fingerprint density at radius 3 is 2.26 bits per heavy atom. The van der Waals surface area contributed by atoms with Crippen LogP contribution in [-0.4, -0.2) is 29.3 Å². The standard InChI is InChI=1S/C17H24Cl2N2O2/c1-4-8-16(22)21(15(5-2)17(23)20-6-3)11-12-13(18)9-7-10-14(12)19/h7,9-10,15H,4-6,8,11H2,1-3H3,(H,20,23). The molecule has 0 aliphatic heterocycles. The van der Waals surface area contributed by atoms with Crippen molar-refractivity contribution in [2.75, 3.05) is 6.54 Å². The molecule has 1 N–H and O–H groups in total. The average molecular weight is 359 g/mol. The highest BCUT2D eigenvalue weighted by atomic mass is 35.5. The topological polar surface area (TPSA) is 49.4 Å². The van der Waals surface area contributed by atoms with Crippen molar-refractivity contribution in [2.24, 2.45) is 0 Å². The Kier molecular flexibility index (Phi) is 8.42. The van der Waals surface area contributed by atoms with Gasteiger partial charge in [0, 0.05) is 35.1 Å². The predicted molar refractivity (Wildman–Crippen MR) is 94.7 cm³/mol. The lowest BCUT2D eigenvalue weighted by Gasteiger charge is -2.31. The van der Waals surface area contributed by atoms with E-state index in [0.29, 0.717) is 35.0 Å². The molecule has 0 radical (unpaired) electrons. The van der Waals surface area contributed by atoms with E-state index in [0.717, 1.165) is 6.42 Å². The molecule has 0 saturated heterocycles. The smallest absolute Gasteiger partial charge is 0.242 e. The number of amides is 2. The van der Waals surface area contributed by atoms with Gasteiger partial charge in [-0.05, 0) is 31.9 Å². The van der Waals surface area contributed by atoms with Crippen LogP contribution in [-0.2, 0) is 16.1 Å². The molecule has 0 saturated carbocycles. The predicted octanol–water partition coefficient (Wildman–Crippen LogP) is 4.04. The summed E-state index contributed by atoms with van der Waals surface area (Å²) < 4.78 is 0. The molecule has 2 amide bonds. The fourth-order valence-electron chi connectivity index (χ4n) is 2.42. The van der Waals surface area contributed by atoms with Gasteiger partial charge in [0.1, 0.15) is 6.04 Å². The molecular formula is C17H24Cl2N2O2. The monoisotopic (exact) mass is 358 g/mol. The molecule has 23 heavy (non-hydrogen) atoms. The van der Waals surface area contributed by atoms with Crippen LogP contribution in [0, 0.1) is 0 Å². The van der Waals surface area contributed by atoms with Crippen LogP contribution in [0.3, 0.4) is 0 Å². The first-order valence-corrected chi connectivity index (χ1v) is 8.71. The zero-order chi connectivity index (χ0) is 17.4. The van der Waals surface area contributed by atoms with Gasteiger partial charge in [-0.2, -0.15) is 0 Å². The zero-order valence-corrected chi connectivity index (χ0v) is 15.4. The quantitative estimate of drug-likeness (QED) is 0.762. The molecule has 6 heteroatoms. The summed E-state index contributed by atoms with van der Waals surface area (Å²) >= 11 is 12.4. The van der Waals surface area contributed by atoms with Crippen LogP contribution in [0.15, 0.2) is 18.2 Å². The van der Waals surface area contributed by atoms with Crippen LogP contribution in [0.5, 0.6) is 0 Å². The maximum atomic E-state index is 12.5. The number of benzene rings is 1. The van der Waals surface area contributed by atoms with Crippen LogP contribution in [0.4, 0.5) is 0 Å². The molecular weight excluding hydrogens is 335 g/mol. The zero-order valence-electron chi connectivity index (χ0n) is 13.9. The van der Waals surface area contributed by atoms with Gasteiger partial charge in [0.05, 0.1) is 0 Å². The highest BCUT2D eigenvalue weighted by Gasteiger charge is 2.28. The van der Waals surface area contributed by atoms with Gasteiger partial charge in [0.15, 0.2) is 0 Å². The third-order valence-corrected chi connectivity index (χ3v) is 4.30. The second kappa shape index (κ2) is 9.78. The molecule has 1 rings (SSSR count). The van der Waals surface area contributed by atoms with Crippen molar-refractivity contribution in [2.45, 2.75) is 52.6 Å². The van der Waals surface area contributed by atoms with Gasteiger partial charge in [-0.25, -0.2) is 0 Å². The van der Waals surface area contributed by atoms with Gasteiger partial charge in [-0.3, -0.25) is 9.59 Å². The van der Waals surface area contributed by atoms with E-state index >= 15 is 0 Å². The minimum Gasteiger partial charge on any atom is -0.355 e. The minimum atomic E-state index is -0.527. The second-order valence-corrected chi connectivity index (χ2v) is 6.10. The molecule has 1 unspecified atom stereocenters. The number of hydrogen-bond acceptors (Lipinski definition) is 2. The van der Waals surface area contributed by atoms with Crippen LogP contribution in [0.1, 0.15) is 45.6 Å². The summed E-state index contributed by atoms with van der Waals surface area (Å²) in [5, 5.41) is 3.79. The van der Waals surface area contributed by atoms with Crippen molar-refractivity contribution in [1.29, 1.82) is 0 Å².